The molecule has 0 aromatic rings. The van der Waals surface area contributed by atoms with Gasteiger partial charge in [-0.2, -0.15) is 0 Å². The molecule has 2 aliphatic rings. The summed E-state index contributed by atoms with van der Waals surface area (Å²) in [4.78, 5) is 28.8. The number of likely N-dealkylation sites (tertiary alicyclic amines) is 1. The van der Waals surface area contributed by atoms with Crippen molar-refractivity contribution >= 4 is 11.8 Å². The van der Waals surface area contributed by atoms with Crippen molar-refractivity contribution in [3.8, 4) is 0 Å². The molecule has 0 spiro atoms. The van der Waals surface area contributed by atoms with E-state index >= 15 is 0 Å². The average Bonchev–Trinajstić information content (AvgIpc) is 2.61. The quantitative estimate of drug-likeness (QED) is 0.621. The zero-order chi connectivity index (χ0) is 17.4. The maximum atomic E-state index is 12.3. The number of methoxy groups -OCH3 is 1. The molecule has 2 aliphatic heterocycles. The Morgan fingerprint density at radius 1 is 1.25 bits per heavy atom. The molecule has 2 N–H and O–H groups in total. The number of carbonyl (C=O) groups excluding carboxylic acids is 2. The fourth-order valence-corrected chi connectivity index (χ4v) is 3.44. The molecular weight excluding hydrogens is 308 g/mol. The molecule has 0 aromatic heterocycles. The van der Waals surface area contributed by atoms with Gasteiger partial charge in [-0.05, 0) is 19.8 Å². The van der Waals surface area contributed by atoms with Crippen LogP contribution < -0.4 is 10.6 Å². The van der Waals surface area contributed by atoms with Crippen LogP contribution in [0.2, 0.25) is 0 Å². The zero-order valence-corrected chi connectivity index (χ0v) is 15.1. The summed E-state index contributed by atoms with van der Waals surface area (Å²) in [5.41, 5.74) is 0. The number of carbonyl (C=O) groups is 2. The van der Waals surface area contributed by atoms with Gasteiger partial charge in [0.25, 0.3) is 0 Å². The minimum atomic E-state index is 0.0207. The van der Waals surface area contributed by atoms with Crippen LogP contribution in [0.5, 0.6) is 0 Å². The van der Waals surface area contributed by atoms with Crippen LogP contribution in [0.4, 0.5) is 0 Å². The fourth-order valence-electron chi connectivity index (χ4n) is 3.44. The van der Waals surface area contributed by atoms with Crippen LogP contribution in [0, 0.1) is 5.92 Å². The number of nitrogens with one attached hydrogen (secondary N) is 2. The van der Waals surface area contributed by atoms with Gasteiger partial charge in [0.2, 0.25) is 11.8 Å². The predicted octanol–water partition coefficient (Wildman–Crippen LogP) is -0.329. The van der Waals surface area contributed by atoms with Crippen LogP contribution in [0.1, 0.15) is 26.2 Å². The van der Waals surface area contributed by atoms with E-state index in [0.29, 0.717) is 25.6 Å². The van der Waals surface area contributed by atoms with Crippen molar-refractivity contribution in [2.24, 2.45) is 5.92 Å². The third kappa shape index (κ3) is 5.72. The summed E-state index contributed by atoms with van der Waals surface area (Å²) >= 11 is 0. The Kier molecular flexibility index (Phi) is 7.94. The van der Waals surface area contributed by atoms with E-state index in [2.05, 4.69) is 22.5 Å². The highest BCUT2D eigenvalue weighted by molar-refractivity contribution is 5.79. The van der Waals surface area contributed by atoms with Gasteiger partial charge in [-0.3, -0.25) is 14.5 Å². The number of piperidine rings is 1. The summed E-state index contributed by atoms with van der Waals surface area (Å²) < 4.78 is 4.97. The van der Waals surface area contributed by atoms with Gasteiger partial charge in [0, 0.05) is 65.4 Å². The number of nitrogens with zero attached hydrogens (tertiary/aromatic N) is 2. The highest BCUT2D eigenvalue weighted by Crippen LogP contribution is 2.22. The Morgan fingerprint density at radius 3 is 2.71 bits per heavy atom. The van der Waals surface area contributed by atoms with E-state index in [1.807, 2.05) is 4.90 Å². The van der Waals surface area contributed by atoms with Crippen molar-refractivity contribution in [2.45, 2.75) is 32.2 Å². The van der Waals surface area contributed by atoms with Gasteiger partial charge in [0.15, 0.2) is 0 Å². The summed E-state index contributed by atoms with van der Waals surface area (Å²) in [5.74, 6) is 0.361. The topological polar surface area (TPSA) is 73.9 Å². The van der Waals surface area contributed by atoms with Crippen LogP contribution in [-0.4, -0.2) is 87.2 Å². The first-order valence-electron chi connectivity index (χ1n) is 9.11. The molecule has 138 valence electrons. The minimum Gasteiger partial charge on any atom is -0.383 e. The monoisotopic (exact) mass is 340 g/mol. The fraction of sp³-hybridized carbons (Fsp3) is 0.882. The number of piperazine rings is 1. The Labute approximate surface area is 145 Å². The smallest absolute Gasteiger partial charge is 0.224 e. The molecule has 0 saturated carbocycles. The lowest BCUT2D eigenvalue weighted by Crippen LogP contribution is -2.50. The van der Waals surface area contributed by atoms with Crippen LogP contribution in [0.25, 0.3) is 0 Å². The molecule has 2 heterocycles. The second kappa shape index (κ2) is 9.96. The Hall–Kier alpha value is -1.18. The highest BCUT2D eigenvalue weighted by atomic mass is 16.5. The number of hydrogen-bond donors (Lipinski definition) is 2. The SMILES string of the molecule is COCCNC(=O)C1CCC(C)N(CCC(=O)N2CCNCC2)C1. The molecule has 0 bridgehead atoms. The third-order valence-corrected chi connectivity index (χ3v) is 5.07. The van der Waals surface area contributed by atoms with Crippen molar-refractivity contribution in [2.75, 3.05) is 59.5 Å². The van der Waals surface area contributed by atoms with Crippen molar-refractivity contribution in [1.82, 2.24) is 20.4 Å². The van der Waals surface area contributed by atoms with Crippen LogP contribution in [0.15, 0.2) is 0 Å². The lowest BCUT2D eigenvalue weighted by atomic mass is 9.92. The minimum absolute atomic E-state index is 0.0207. The van der Waals surface area contributed by atoms with Gasteiger partial charge in [0.05, 0.1) is 12.5 Å². The molecule has 24 heavy (non-hydrogen) atoms. The Bertz CT molecular complexity index is 413. The maximum absolute atomic E-state index is 12.3. The Balaban J connectivity index is 1.76. The number of rotatable bonds is 7. The third-order valence-electron chi connectivity index (χ3n) is 5.07. The summed E-state index contributed by atoms with van der Waals surface area (Å²) in [6.45, 7) is 8.15. The van der Waals surface area contributed by atoms with E-state index in [1.54, 1.807) is 7.11 Å². The van der Waals surface area contributed by atoms with Crippen molar-refractivity contribution in [3.63, 3.8) is 0 Å². The van der Waals surface area contributed by atoms with E-state index in [9.17, 15) is 9.59 Å². The van der Waals surface area contributed by atoms with E-state index in [-0.39, 0.29) is 17.7 Å². The first-order chi connectivity index (χ1) is 11.6. The van der Waals surface area contributed by atoms with Crippen molar-refractivity contribution in [1.29, 1.82) is 0 Å². The van der Waals surface area contributed by atoms with Crippen LogP contribution >= 0.6 is 0 Å². The first-order valence-corrected chi connectivity index (χ1v) is 9.11. The standard InChI is InChI=1S/C17H32N4O3/c1-14-3-4-15(17(23)19-8-12-24-2)13-21(14)9-5-16(22)20-10-6-18-7-11-20/h14-15,18H,3-13H2,1-2H3,(H,19,23). The molecular formula is C17H32N4O3. The molecule has 2 rings (SSSR count). The molecule has 2 fully saturated rings. The zero-order valence-electron chi connectivity index (χ0n) is 15.1. The van der Waals surface area contributed by atoms with Gasteiger partial charge in [-0.1, -0.05) is 0 Å². The average molecular weight is 340 g/mol. The largest absolute Gasteiger partial charge is 0.383 e. The van der Waals surface area contributed by atoms with Crippen LogP contribution in [0.3, 0.4) is 0 Å². The first kappa shape index (κ1) is 19.1. The van der Waals surface area contributed by atoms with Gasteiger partial charge >= 0.3 is 0 Å². The highest BCUT2D eigenvalue weighted by Gasteiger charge is 2.30. The molecule has 2 atom stereocenters. The normalized spacial score (nSPS) is 25.5. The van der Waals surface area contributed by atoms with E-state index in [0.717, 1.165) is 52.1 Å². The molecule has 0 radical (unpaired) electrons. The second-order valence-electron chi connectivity index (χ2n) is 6.78. The van der Waals surface area contributed by atoms with Gasteiger partial charge < -0.3 is 20.3 Å². The molecule has 0 aromatic carbocycles. The lowest BCUT2D eigenvalue weighted by Gasteiger charge is -2.37. The number of amides is 2. The number of hydrogen-bond acceptors (Lipinski definition) is 5. The molecule has 2 amide bonds. The van der Waals surface area contributed by atoms with Crippen LogP contribution in [-0.2, 0) is 14.3 Å². The summed E-state index contributed by atoms with van der Waals surface area (Å²) in [6, 6.07) is 0.434. The van der Waals surface area contributed by atoms with Crippen molar-refractivity contribution < 1.29 is 14.3 Å². The van der Waals surface area contributed by atoms with Gasteiger partial charge in [0.1, 0.15) is 0 Å². The van der Waals surface area contributed by atoms with E-state index < -0.39 is 0 Å². The maximum Gasteiger partial charge on any atom is 0.224 e. The molecule has 7 heteroatoms. The van der Waals surface area contributed by atoms with Gasteiger partial charge in [-0.15, -0.1) is 0 Å². The van der Waals surface area contributed by atoms with E-state index in [4.69, 9.17) is 4.74 Å². The summed E-state index contributed by atoms with van der Waals surface area (Å²) in [5, 5.41) is 6.20. The Morgan fingerprint density at radius 2 is 2.00 bits per heavy atom. The summed E-state index contributed by atoms with van der Waals surface area (Å²) in [7, 11) is 1.63. The number of ether oxygens (including phenoxy) is 1. The second-order valence-corrected chi connectivity index (χ2v) is 6.78. The molecule has 7 nitrogen and oxygen atoms in total. The molecule has 2 unspecified atom stereocenters. The molecule has 0 aliphatic carbocycles. The van der Waals surface area contributed by atoms with Crippen molar-refractivity contribution in [3.05, 3.63) is 0 Å². The predicted molar refractivity (Wildman–Crippen MR) is 92.7 cm³/mol. The van der Waals surface area contributed by atoms with Gasteiger partial charge in [-0.25, -0.2) is 0 Å². The summed E-state index contributed by atoms with van der Waals surface area (Å²) in [6.07, 6.45) is 2.47. The van der Waals surface area contributed by atoms with E-state index in [1.165, 1.54) is 0 Å². The molecule has 2 saturated heterocycles. The lowest BCUT2D eigenvalue weighted by molar-refractivity contribution is -0.132.